The van der Waals surface area contributed by atoms with E-state index in [9.17, 15) is 9.18 Å². The number of benzene rings is 2. The van der Waals surface area contributed by atoms with E-state index in [-0.39, 0.29) is 11.7 Å². The molecule has 0 saturated heterocycles. The first-order chi connectivity index (χ1) is 14.4. The fourth-order valence-electron chi connectivity index (χ4n) is 3.05. The highest BCUT2D eigenvalue weighted by atomic mass is 19.1. The van der Waals surface area contributed by atoms with E-state index in [1.807, 2.05) is 24.1 Å². The number of hydrogen-bond donors (Lipinski definition) is 2. The molecular weight excluding hydrogens is 381 g/mol. The zero-order chi connectivity index (χ0) is 21.3. The molecule has 4 aromatic rings. The second-order valence-electron chi connectivity index (χ2n) is 7.36. The van der Waals surface area contributed by atoms with Crippen LogP contribution in [0.4, 0.5) is 16.0 Å². The van der Waals surface area contributed by atoms with E-state index >= 15 is 0 Å². The molecule has 0 aliphatic rings. The molecule has 0 atom stereocenters. The van der Waals surface area contributed by atoms with Crippen molar-refractivity contribution in [2.45, 2.75) is 19.9 Å². The van der Waals surface area contributed by atoms with Crippen LogP contribution < -0.4 is 10.2 Å². The van der Waals surface area contributed by atoms with Crippen molar-refractivity contribution in [1.82, 2.24) is 15.0 Å². The first-order valence-corrected chi connectivity index (χ1v) is 9.67. The van der Waals surface area contributed by atoms with Crippen molar-refractivity contribution < 1.29 is 9.18 Å². The average molecular weight is 403 g/mol. The topological polar surface area (TPSA) is 73.9 Å². The molecule has 0 aliphatic carbocycles. The molecule has 0 radical (unpaired) electrons. The summed E-state index contributed by atoms with van der Waals surface area (Å²) in [6, 6.07) is 15.5. The molecule has 2 N–H and O–H groups in total. The Labute approximate surface area is 173 Å². The normalized spacial score (nSPS) is 11.1. The molecule has 0 aliphatic heterocycles. The Morgan fingerprint density at radius 3 is 2.63 bits per heavy atom. The fourth-order valence-corrected chi connectivity index (χ4v) is 3.05. The molecule has 2 aromatic carbocycles. The molecule has 30 heavy (non-hydrogen) atoms. The number of amides is 1. The van der Waals surface area contributed by atoms with Gasteiger partial charge < -0.3 is 15.2 Å². The SMILES string of the molecule is CC(C)N(C)c1nc2ccc(NC(=O)c3ccc(-c4ccccc4F)nc3)cc2[nH]1. The second kappa shape index (κ2) is 7.94. The summed E-state index contributed by atoms with van der Waals surface area (Å²) in [7, 11) is 1.98. The number of hydrogen-bond acceptors (Lipinski definition) is 4. The van der Waals surface area contributed by atoms with Gasteiger partial charge in [-0.05, 0) is 56.3 Å². The number of nitrogens with one attached hydrogen (secondary N) is 2. The van der Waals surface area contributed by atoms with Crippen molar-refractivity contribution in [2.75, 3.05) is 17.3 Å². The molecule has 0 bridgehead atoms. The molecule has 1 amide bonds. The van der Waals surface area contributed by atoms with Crippen LogP contribution >= 0.6 is 0 Å². The zero-order valence-electron chi connectivity index (χ0n) is 17.0. The summed E-state index contributed by atoms with van der Waals surface area (Å²) in [5.74, 6) is 0.134. The highest BCUT2D eigenvalue weighted by Crippen LogP contribution is 2.23. The molecule has 0 saturated carbocycles. The molecule has 0 fully saturated rings. The van der Waals surface area contributed by atoms with Crippen molar-refractivity contribution in [3.63, 3.8) is 0 Å². The van der Waals surface area contributed by atoms with Gasteiger partial charge in [-0.1, -0.05) is 12.1 Å². The third-order valence-corrected chi connectivity index (χ3v) is 5.01. The largest absolute Gasteiger partial charge is 0.343 e. The Morgan fingerprint density at radius 1 is 1.13 bits per heavy atom. The number of rotatable bonds is 5. The minimum Gasteiger partial charge on any atom is -0.343 e. The Balaban J connectivity index is 1.52. The van der Waals surface area contributed by atoms with E-state index < -0.39 is 0 Å². The van der Waals surface area contributed by atoms with Crippen molar-refractivity contribution in [1.29, 1.82) is 0 Å². The standard InChI is InChI=1S/C23H22FN5O/c1-14(2)29(3)23-27-20-11-9-16(12-21(20)28-23)26-22(30)15-8-10-19(25-13-15)17-6-4-5-7-18(17)24/h4-14H,1-3H3,(H,26,30)(H,27,28). The van der Waals surface area contributed by atoms with Crippen LogP contribution in [0.15, 0.2) is 60.8 Å². The maximum absolute atomic E-state index is 13.9. The Bertz CT molecular complexity index is 1200. The van der Waals surface area contributed by atoms with E-state index in [4.69, 9.17) is 0 Å². The summed E-state index contributed by atoms with van der Waals surface area (Å²) in [6.07, 6.45) is 1.45. The lowest BCUT2D eigenvalue weighted by molar-refractivity contribution is 0.102. The molecule has 7 heteroatoms. The number of aromatic amines is 1. The van der Waals surface area contributed by atoms with Gasteiger partial charge in [0.2, 0.25) is 5.95 Å². The molecular formula is C23H22FN5O. The van der Waals surface area contributed by atoms with Gasteiger partial charge in [-0.3, -0.25) is 9.78 Å². The zero-order valence-corrected chi connectivity index (χ0v) is 17.0. The molecule has 4 rings (SSSR count). The van der Waals surface area contributed by atoms with Gasteiger partial charge in [-0.25, -0.2) is 9.37 Å². The van der Waals surface area contributed by atoms with Gasteiger partial charge in [0.15, 0.2) is 0 Å². The van der Waals surface area contributed by atoms with Crippen LogP contribution in [-0.2, 0) is 0 Å². The summed E-state index contributed by atoms with van der Waals surface area (Å²) in [6.45, 7) is 4.18. The van der Waals surface area contributed by atoms with E-state index in [1.54, 1.807) is 36.4 Å². The first kappa shape index (κ1) is 19.6. The Hall–Kier alpha value is -3.74. The predicted octanol–water partition coefficient (Wildman–Crippen LogP) is 4.86. The third kappa shape index (κ3) is 3.87. The van der Waals surface area contributed by atoms with Crippen molar-refractivity contribution >= 4 is 28.6 Å². The van der Waals surface area contributed by atoms with E-state index in [0.29, 0.717) is 28.6 Å². The lowest BCUT2D eigenvalue weighted by atomic mass is 10.1. The van der Waals surface area contributed by atoms with Gasteiger partial charge in [-0.15, -0.1) is 0 Å². The lowest BCUT2D eigenvalue weighted by Gasteiger charge is -2.19. The van der Waals surface area contributed by atoms with Gasteiger partial charge in [0, 0.05) is 30.5 Å². The van der Waals surface area contributed by atoms with Gasteiger partial charge in [0.25, 0.3) is 5.91 Å². The van der Waals surface area contributed by atoms with Crippen LogP contribution in [0, 0.1) is 5.82 Å². The Morgan fingerprint density at radius 2 is 1.93 bits per heavy atom. The van der Waals surface area contributed by atoms with E-state index in [1.165, 1.54) is 12.3 Å². The number of H-pyrrole nitrogens is 1. The summed E-state index contributed by atoms with van der Waals surface area (Å²) < 4.78 is 13.9. The summed E-state index contributed by atoms with van der Waals surface area (Å²) in [5, 5.41) is 2.87. The summed E-state index contributed by atoms with van der Waals surface area (Å²) in [4.78, 5) is 26.7. The average Bonchev–Trinajstić information content (AvgIpc) is 3.17. The quantitative estimate of drug-likeness (QED) is 0.499. The van der Waals surface area contributed by atoms with Crippen molar-refractivity contribution in [2.24, 2.45) is 0 Å². The minimum atomic E-state index is -0.349. The van der Waals surface area contributed by atoms with Crippen LogP contribution in [0.5, 0.6) is 0 Å². The minimum absolute atomic E-state index is 0.291. The predicted molar refractivity (Wildman–Crippen MR) is 117 cm³/mol. The van der Waals surface area contributed by atoms with Gasteiger partial charge in [0.05, 0.1) is 22.3 Å². The number of carbonyl (C=O) groups excluding carboxylic acids is 1. The Kier molecular flexibility index (Phi) is 5.18. The summed E-state index contributed by atoms with van der Waals surface area (Å²) >= 11 is 0. The van der Waals surface area contributed by atoms with Gasteiger partial charge in [-0.2, -0.15) is 0 Å². The number of anilines is 2. The monoisotopic (exact) mass is 403 g/mol. The highest BCUT2D eigenvalue weighted by molar-refractivity contribution is 6.05. The number of carbonyl (C=O) groups is 1. The molecule has 152 valence electrons. The summed E-state index contributed by atoms with van der Waals surface area (Å²) in [5.41, 5.74) is 3.57. The van der Waals surface area contributed by atoms with Crippen LogP contribution in [0.2, 0.25) is 0 Å². The van der Waals surface area contributed by atoms with Crippen LogP contribution in [0.1, 0.15) is 24.2 Å². The van der Waals surface area contributed by atoms with E-state index in [2.05, 4.69) is 34.1 Å². The fraction of sp³-hybridized carbons (Fsp3) is 0.174. The maximum Gasteiger partial charge on any atom is 0.257 e. The molecule has 0 spiro atoms. The number of nitrogens with zero attached hydrogens (tertiary/aromatic N) is 3. The number of imidazole rings is 1. The van der Waals surface area contributed by atoms with Crippen molar-refractivity contribution in [3.8, 4) is 11.3 Å². The van der Waals surface area contributed by atoms with Gasteiger partial charge in [0.1, 0.15) is 5.82 Å². The number of aromatic nitrogens is 3. The molecule has 2 aromatic heterocycles. The smallest absolute Gasteiger partial charge is 0.257 e. The third-order valence-electron chi connectivity index (χ3n) is 5.01. The number of pyridine rings is 1. The second-order valence-corrected chi connectivity index (χ2v) is 7.36. The van der Waals surface area contributed by atoms with Crippen molar-refractivity contribution in [3.05, 3.63) is 72.2 Å². The maximum atomic E-state index is 13.9. The first-order valence-electron chi connectivity index (χ1n) is 9.67. The van der Waals surface area contributed by atoms with Crippen LogP contribution in [0.3, 0.4) is 0 Å². The number of fused-ring (bicyclic) bond motifs is 1. The number of halogens is 1. The highest BCUT2D eigenvalue weighted by Gasteiger charge is 2.13. The van der Waals surface area contributed by atoms with E-state index in [0.717, 1.165) is 17.0 Å². The lowest BCUT2D eigenvalue weighted by Crippen LogP contribution is -2.26. The van der Waals surface area contributed by atoms with Gasteiger partial charge >= 0.3 is 0 Å². The molecule has 2 heterocycles. The molecule has 6 nitrogen and oxygen atoms in total. The van der Waals surface area contributed by atoms with Crippen LogP contribution in [0.25, 0.3) is 22.3 Å². The molecule has 0 unspecified atom stereocenters. The van der Waals surface area contributed by atoms with Crippen LogP contribution in [-0.4, -0.2) is 33.9 Å².